The molecule has 1 aromatic carbocycles. The Morgan fingerprint density at radius 3 is 2.70 bits per heavy atom. The van der Waals surface area contributed by atoms with Crippen molar-refractivity contribution in [2.24, 2.45) is 0 Å². The molecule has 0 aliphatic heterocycles. The number of hydrogen-bond donors (Lipinski definition) is 2. The maximum absolute atomic E-state index is 11.3. The largest absolute Gasteiger partial charge is 0.374 e. The second kappa shape index (κ2) is 8.59. The van der Waals surface area contributed by atoms with E-state index in [-0.39, 0.29) is 5.91 Å². The fourth-order valence-electron chi connectivity index (χ4n) is 2.04. The molecule has 1 rings (SSSR count). The average Bonchev–Trinajstić information content (AvgIpc) is 2.46. The van der Waals surface area contributed by atoms with Crippen LogP contribution in [-0.2, 0) is 11.3 Å². The Morgan fingerprint density at radius 1 is 1.35 bits per heavy atom. The van der Waals surface area contributed by atoms with Crippen LogP contribution in [0.15, 0.2) is 18.2 Å². The van der Waals surface area contributed by atoms with Crippen LogP contribution in [0, 0.1) is 6.92 Å². The molecular formula is C16H27N3O. The fourth-order valence-corrected chi connectivity index (χ4v) is 2.04. The van der Waals surface area contributed by atoms with Crippen molar-refractivity contribution in [2.75, 3.05) is 32.1 Å². The highest BCUT2D eigenvalue weighted by atomic mass is 16.1. The molecule has 0 radical (unpaired) electrons. The van der Waals surface area contributed by atoms with Crippen molar-refractivity contribution in [2.45, 2.75) is 33.2 Å². The van der Waals surface area contributed by atoms with Gasteiger partial charge >= 0.3 is 0 Å². The summed E-state index contributed by atoms with van der Waals surface area (Å²) in [7, 11) is 3.69. The zero-order valence-electron chi connectivity index (χ0n) is 13.1. The highest BCUT2D eigenvalue weighted by molar-refractivity contribution is 5.76. The molecule has 0 atom stereocenters. The lowest BCUT2D eigenvalue weighted by Gasteiger charge is -2.20. The Balaban J connectivity index is 2.59. The van der Waals surface area contributed by atoms with Gasteiger partial charge in [0, 0.05) is 39.3 Å². The zero-order valence-corrected chi connectivity index (χ0v) is 13.1. The normalized spacial score (nSPS) is 10.4. The summed E-state index contributed by atoms with van der Waals surface area (Å²) in [5.41, 5.74) is 3.78. The molecule has 2 N–H and O–H groups in total. The average molecular weight is 277 g/mol. The minimum Gasteiger partial charge on any atom is -0.374 e. The molecule has 4 nitrogen and oxygen atoms in total. The first kappa shape index (κ1) is 16.5. The van der Waals surface area contributed by atoms with E-state index in [2.05, 4.69) is 47.6 Å². The first-order valence-electron chi connectivity index (χ1n) is 7.30. The van der Waals surface area contributed by atoms with Gasteiger partial charge in [-0.25, -0.2) is 0 Å². The van der Waals surface area contributed by atoms with Crippen LogP contribution in [0.25, 0.3) is 0 Å². The van der Waals surface area contributed by atoms with Gasteiger partial charge in [-0.1, -0.05) is 13.0 Å². The van der Waals surface area contributed by atoms with E-state index in [1.54, 1.807) is 7.05 Å². The first-order chi connectivity index (χ1) is 9.58. The minimum absolute atomic E-state index is 0.0777. The summed E-state index contributed by atoms with van der Waals surface area (Å²) in [4.78, 5) is 13.4. The molecule has 0 fully saturated rings. The molecule has 0 bridgehead atoms. The van der Waals surface area contributed by atoms with Crippen LogP contribution in [0.4, 0.5) is 5.69 Å². The number of carbonyl (C=O) groups is 1. The third kappa shape index (κ3) is 5.21. The molecule has 112 valence electrons. The number of hydrogen-bond acceptors (Lipinski definition) is 3. The highest BCUT2D eigenvalue weighted by Gasteiger charge is 2.06. The van der Waals surface area contributed by atoms with E-state index in [0.29, 0.717) is 6.42 Å². The number of benzene rings is 1. The Hall–Kier alpha value is -1.55. The standard InChI is InChI=1S/C16H27N3O/c1-5-9-18-12-14-6-7-15(11-13(14)2)19(4)10-8-16(20)17-3/h6-7,11,18H,5,8-10,12H2,1-4H3,(H,17,20). The minimum atomic E-state index is 0.0777. The van der Waals surface area contributed by atoms with E-state index in [0.717, 1.165) is 31.7 Å². The van der Waals surface area contributed by atoms with Crippen molar-refractivity contribution in [3.8, 4) is 0 Å². The smallest absolute Gasteiger partial charge is 0.221 e. The van der Waals surface area contributed by atoms with Crippen molar-refractivity contribution in [1.82, 2.24) is 10.6 Å². The molecule has 0 spiro atoms. The molecule has 0 saturated carbocycles. The van der Waals surface area contributed by atoms with Crippen LogP contribution in [0.2, 0.25) is 0 Å². The Morgan fingerprint density at radius 2 is 2.10 bits per heavy atom. The fraction of sp³-hybridized carbons (Fsp3) is 0.562. The third-order valence-electron chi connectivity index (χ3n) is 3.46. The summed E-state index contributed by atoms with van der Waals surface area (Å²) < 4.78 is 0. The summed E-state index contributed by atoms with van der Waals surface area (Å²) in [6.45, 7) is 7.01. The van der Waals surface area contributed by atoms with Crippen molar-refractivity contribution in [1.29, 1.82) is 0 Å². The van der Waals surface area contributed by atoms with Gasteiger partial charge in [-0.3, -0.25) is 4.79 Å². The monoisotopic (exact) mass is 277 g/mol. The van der Waals surface area contributed by atoms with Crippen LogP contribution < -0.4 is 15.5 Å². The molecule has 0 aliphatic rings. The summed E-state index contributed by atoms with van der Waals surface area (Å²) in [6, 6.07) is 6.48. The number of carbonyl (C=O) groups excluding carboxylic acids is 1. The number of aryl methyl sites for hydroxylation is 1. The van der Waals surface area contributed by atoms with E-state index in [4.69, 9.17) is 0 Å². The van der Waals surface area contributed by atoms with Gasteiger partial charge in [-0.2, -0.15) is 0 Å². The van der Waals surface area contributed by atoms with Crippen LogP contribution in [0.5, 0.6) is 0 Å². The third-order valence-corrected chi connectivity index (χ3v) is 3.46. The van der Waals surface area contributed by atoms with Gasteiger partial charge in [0.2, 0.25) is 5.91 Å². The second-order valence-corrected chi connectivity index (χ2v) is 5.13. The zero-order chi connectivity index (χ0) is 15.0. The van der Waals surface area contributed by atoms with Gasteiger partial charge in [0.05, 0.1) is 0 Å². The number of nitrogens with zero attached hydrogens (tertiary/aromatic N) is 1. The topological polar surface area (TPSA) is 44.4 Å². The Kier molecular flexibility index (Phi) is 7.09. The summed E-state index contributed by atoms with van der Waals surface area (Å²) >= 11 is 0. The van der Waals surface area contributed by atoms with Gasteiger partial charge in [-0.05, 0) is 43.1 Å². The summed E-state index contributed by atoms with van der Waals surface area (Å²) in [5.74, 6) is 0.0777. The molecule has 0 unspecified atom stereocenters. The van der Waals surface area contributed by atoms with Gasteiger partial charge < -0.3 is 15.5 Å². The molecule has 0 aromatic heterocycles. The van der Waals surface area contributed by atoms with Crippen molar-refractivity contribution >= 4 is 11.6 Å². The summed E-state index contributed by atoms with van der Waals surface area (Å²) in [5, 5.41) is 6.07. The number of rotatable bonds is 8. The number of amides is 1. The molecule has 20 heavy (non-hydrogen) atoms. The maximum atomic E-state index is 11.3. The highest BCUT2D eigenvalue weighted by Crippen LogP contribution is 2.18. The lowest BCUT2D eigenvalue weighted by atomic mass is 10.1. The molecule has 4 heteroatoms. The first-order valence-corrected chi connectivity index (χ1v) is 7.30. The number of anilines is 1. The predicted molar refractivity (Wildman–Crippen MR) is 85.1 cm³/mol. The van der Waals surface area contributed by atoms with Gasteiger partial charge in [-0.15, -0.1) is 0 Å². The quantitative estimate of drug-likeness (QED) is 0.715. The van der Waals surface area contributed by atoms with Crippen LogP contribution in [0.1, 0.15) is 30.9 Å². The van der Waals surface area contributed by atoms with Crippen molar-refractivity contribution in [3.05, 3.63) is 29.3 Å². The van der Waals surface area contributed by atoms with E-state index < -0.39 is 0 Å². The summed E-state index contributed by atoms with van der Waals surface area (Å²) in [6.07, 6.45) is 1.67. The van der Waals surface area contributed by atoms with Crippen LogP contribution in [-0.4, -0.2) is 33.1 Å². The Labute approximate surface area is 122 Å². The van der Waals surface area contributed by atoms with E-state index in [1.807, 2.05) is 7.05 Å². The molecular weight excluding hydrogens is 250 g/mol. The molecule has 0 saturated heterocycles. The van der Waals surface area contributed by atoms with Crippen LogP contribution >= 0.6 is 0 Å². The van der Waals surface area contributed by atoms with Gasteiger partial charge in [0.25, 0.3) is 0 Å². The molecule has 1 aromatic rings. The van der Waals surface area contributed by atoms with Crippen molar-refractivity contribution in [3.63, 3.8) is 0 Å². The predicted octanol–water partition coefficient (Wildman–Crippen LogP) is 2.07. The SMILES string of the molecule is CCCNCc1ccc(N(C)CCC(=O)NC)cc1C. The Bertz CT molecular complexity index is 432. The van der Waals surface area contributed by atoms with E-state index in [1.165, 1.54) is 11.1 Å². The lowest BCUT2D eigenvalue weighted by molar-refractivity contribution is -0.120. The molecule has 0 aliphatic carbocycles. The van der Waals surface area contributed by atoms with Crippen LogP contribution in [0.3, 0.4) is 0 Å². The second-order valence-electron chi connectivity index (χ2n) is 5.13. The van der Waals surface area contributed by atoms with E-state index in [9.17, 15) is 4.79 Å². The molecule has 1 amide bonds. The number of nitrogens with one attached hydrogen (secondary N) is 2. The lowest BCUT2D eigenvalue weighted by Crippen LogP contribution is -2.26. The molecule has 0 heterocycles. The van der Waals surface area contributed by atoms with Gasteiger partial charge in [0.15, 0.2) is 0 Å². The van der Waals surface area contributed by atoms with Gasteiger partial charge in [0.1, 0.15) is 0 Å². The van der Waals surface area contributed by atoms with E-state index >= 15 is 0 Å². The maximum Gasteiger partial charge on any atom is 0.221 e. The van der Waals surface area contributed by atoms with Crippen molar-refractivity contribution < 1.29 is 4.79 Å².